The fourth-order valence-electron chi connectivity index (χ4n) is 0.637. The van der Waals surface area contributed by atoms with Crippen molar-refractivity contribution in [2.75, 3.05) is 6.54 Å². The van der Waals surface area contributed by atoms with Gasteiger partial charge in [-0.1, -0.05) is 0 Å². The average Bonchev–Trinajstić information content (AvgIpc) is 1.97. The van der Waals surface area contributed by atoms with Gasteiger partial charge in [0.05, 0.1) is 5.97 Å². The Hall–Kier alpha value is -1.30. The molecule has 0 saturated carbocycles. The van der Waals surface area contributed by atoms with Crippen LogP contribution in [-0.4, -0.2) is 24.5 Å². The number of rotatable bonds is 5. The molecule has 0 saturated heterocycles. The molecule has 0 aromatic rings. The first-order valence-electron chi connectivity index (χ1n) is 3.56. The lowest BCUT2D eigenvalue weighted by atomic mass is 10.2. The summed E-state index contributed by atoms with van der Waals surface area (Å²) in [7, 11) is 0. The summed E-state index contributed by atoms with van der Waals surface area (Å²) in [5, 5.41) is 10.1. The second-order valence-electron chi connectivity index (χ2n) is 2.37. The van der Waals surface area contributed by atoms with Crippen molar-refractivity contribution < 1.29 is 9.90 Å². The Kier molecular flexibility index (Phi) is 4.78. The van der Waals surface area contributed by atoms with Crippen molar-refractivity contribution >= 4 is 11.9 Å². The smallest absolute Gasteiger partial charge is 0.185 e. The summed E-state index contributed by atoms with van der Waals surface area (Å²) in [6.07, 6.45) is 0.853. The highest BCUT2D eigenvalue weighted by atomic mass is 16.4. The molecular formula is C6H13N4O2-. The monoisotopic (exact) mass is 173 g/mol. The van der Waals surface area contributed by atoms with Crippen LogP contribution >= 0.6 is 0 Å². The van der Waals surface area contributed by atoms with Gasteiger partial charge in [0.2, 0.25) is 0 Å². The zero-order valence-corrected chi connectivity index (χ0v) is 6.69. The van der Waals surface area contributed by atoms with Gasteiger partial charge in [-0.05, 0) is 12.8 Å². The molecule has 0 aliphatic carbocycles. The van der Waals surface area contributed by atoms with Crippen LogP contribution in [0.2, 0.25) is 0 Å². The summed E-state index contributed by atoms with van der Waals surface area (Å²) in [6.45, 7) is 0.392. The number of carboxylic acids is 1. The van der Waals surface area contributed by atoms with E-state index in [4.69, 9.17) is 17.2 Å². The first-order chi connectivity index (χ1) is 5.54. The van der Waals surface area contributed by atoms with Crippen molar-refractivity contribution in [3.05, 3.63) is 0 Å². The Labute approximate surface area is 70.4 Å². The van der Waals surface area contributed by atoms with Gasteiger partial charge >= 0.3 is 0 Å². The third-order valence-electron chi connectivity index (χ3n) is 1.27. The van der Waals surface area contributed by atoms with Crippen molar-refractivity contribution in [2.24, 2.45) is 22.2 Å². The number of nitrogens with zero attached hydrogens (tertiary/aromatic N) is 1. The molecular weight excluding hydrogens is 160 g/mol. The van der Waals surface area contributed by atoms with E-state index in [0.717, 1.165) is 0 Å². The van der Waals surface area contributed by atoms with E-state index in [9.17, 15) is 9.90 Å². The lowest BCUT2D eigenvalue weighted by Crippen LogP contribution is -2.41. The van der Waals surface area contributed by atoms with E-state index >= 15 is 0 Å². The number of hydrogen-bond acceptors (Lipinski definition) is 4. The van der Waals surface area contributed by atoms with Crippen LogP contribution in [0.4, 0.5) is 0 Å². The molecule has 0 unspecified atom stereocenters. The quantitative estimate of drug-likeness (QED) is 0.233. The molecule has 1 atom stereocenters. The second-order valence-corrected chi connectivity index (χ2v) is 2.37. The zero-order chi connectivity index (χ0) is 9.56. The molecule has 0 aliphatic heterocycles. The first-order valence-corrected chi connectivity index (χ1v) is 3.56. The highest BCUT2D eigenvalue weighted by Gasteiger charge is 2.01. The number of aliphatic carboxylic acids is 1. The van der Waals surface area contributed by atoms with E-state index in [0.29, 0.717) is 19.4 Å². The van der Waals surface area contributed by atoms with Crippen molar-refractivity contribution in [3.63, 3.8) is 0 Å². The third-order valence-corrected chi connectivity index (χ3v) is 1.27. The predicted molar refractivity (Wildman–Crippen MR) is 42.9 cm³/mol. The van der Waals surface area contributed by atoms with Gasteiger partial charge in [-0.2, -0.15) is 0 Å². The van der Waals surface area contributed by atoms with Crippen LogP contribution in [0.1, 0.15) is 12.8 Å². The van der Waals surface area contributed by atoms with Gasteiger partial charge in [0.25, 0.3) is 0 Å². The molecule has 12 heavy (non-hydrogen) atoms. The Morgan fingerprint density at radius 2 is 2.08 bits per heavy atom. The Bertz CT molecular complexity index is 176. The largest absolute Gasteiger partial charge is 0.548 e. The summed E-state index contributed by atoms with van der Waals surface area (Å²) >= 11 is 0. The molecule has 0 fully saturated rings. The number of nitrogens with two attached hydrogens (primary N) is 3. The normalized spacial score (nSPS) is 12.1. The molecule has 0 aromatic carbocycles. The van der Waals surface area contributed by atoms with Crippen molar-refractivity contribution in [1.82, 2.24) is 0 Å². The summed E-state index contributed by atoms with van der Waals surface area (Å²) < 4.78 is 0. The van der Waals surface area contributed by atoms with E-state index in [1.165, 1.54) is 0 Å². The van der Waals surface area contributed by atoms with Crippen LogP contribution in [0.5, 0.6) is 0 Å². The van der Waals surface area contributed by atoms with Crippen LogP contribution in [0, 0.1) is 0 Å². The minimum Gasteiger partial charge on any atom is -0.548 e. The average molecular weight is 173 g/mol. The second kappa shape index (κ2) is 5.36. The minimum absolute atomic E-state index is 0.00276. The fraction of sp³-hybridized carbons (Fsp3) is 0.667. The van der Waals surface area contributed by atoms with Crippen molar-refractivity contribution in [2.45, 2.75) is 18.9 Å². The molecule has 6 N–H and O–H groups in total. The van der Waals surface area contributed by atoms with Gasteiger partial charge in [0.1, 0.15) is 0 Å². The van der Waals surface area contributed by atoms with E-state index in [1.54, 1.807) is 0 Å². The topological polar surface area (TPSA) is 131 Å². The molecule has 6 heteroatoms. The van der Waals surface area contributed by atoms with Gasteiger partial charge < -0.3 is 27.1 Å². The number of carbonyl (C=O) groups excluding carboxylic acids is 1. The SMILES string of the molecule is NC(N)=NCCC[C@H](N)C(=O)[O-]. The number of guanidine groups is 1. The fourth-order valence-corrected chi connectivity index (χ4v) is 0.637. The maximum atomic E-state index is 10.1. The highest BCUT2D eigenvalue weighted by Crippen LogP contribution is 1.93. The summed E-state index contributed by atoms with van der Waals surface area (Å²) in [5.41, 5.74) is 15.2. The molecule has 0 spiro atoms. The third kappa shape index (κ3) is 5.48. The number of carbonyl (C=O) groups is 1. The van der Waals surface area contributed by atoms with E-state index < -0.39 is 12.0 Å². The van der Waals surface area contributed by atoms with Gasteiger partial charge in [-0.3, -0.25) is 4.99 Å². The highest BCUT2D eigenvalue weighted by molar-refractivity contribution is 5.75. The van der Waals surface area contributed by atoms with Gasteiger partial charge in [-0.15, -0.1) is 0 Å². The number of aliphatic imine (C=N–C) groups is 1. The van der Waals surface area contributed by atoms with Gasteiger partial charge in [-0.25, -0.2) is 0 Å². The molecule has 70 valence electrons. The lowest BCUT2D eigenvalue weighted by Gasteiger charge is -2.10. The van der Waals surface area contributed by atoms with Gasteiger partial charge in [0.15, 0.2) is 5.96 Å². The van der Waals surface area contributed by atoms with Crippen LogP contribution in [0.3, 0.4) is 0 Å². The molecule has 0 aliphatic rings. The van der Waals surface area contributed by atoms with Crippen molar-refractivity contribution in [1.29, 1.82) is 0 Å². The van der Waals surface area contributed by atoms with E-state index in [1.807, 2.05) is 0 Å². The lowest BCUT2D eigenvalue weighted by molar-refractivity contribution is -0.307. The minimum atomic E-state index is -1.25. The maximum Gasteiger partial charge on any atom is 0.185 e. The van der Waals surface area contributed by atoms with Crippen molar-refractivity contribution in [3.8, 4) is 0 Å². The van der Waals surface area contributed by atoms with E-state index in [2.05, 4.69) is 4.99 Å². The Morgan fingerprint density at radius 1 is 1.50 bits per heavy atom. The molecule has 0 radical (unpaired) electrons. The van der Waals surface area contributed by atoms with E-state index in [-0.39, 0.29) is 5.96 Å². The van der Waals surface area contributed by atoms with Crippen LogP contribution in [0.15, 0.2) is 4.99 Å². The molecule has 6 nitrogen and oxygen atoms in total. The standard InChI is InChI=1S/C6H14N4O2/c7-4(5(11)12)2-1-3-10-6(8)9/h4H,1-3,7H2,(H,11,12)(H4,8,9,10)/p-1/t4-/m0/s1. The number of carboxylic acid groups (broad SMARTS) is 1. The van der Waals surface area contributed by atoms with Crippen LogP contribution < -0.4 is 22.3 Å². The molecule has 0 heterocycles. The summed E-state index contributed by atoms with van der Waals surface area (Å²) in [4.78, 5) is 13.8. The molecule has 0 bridgehead atoms. The molecule has 0 rings (SSSR count). The van der Waals surface area contributed by atoms with Gasteiger partial charge in [0, 0.05) is 12.6 Å². The Morgan fingerprint density at radius 3 is 2.50 bits per heavy atom. The Balaban J connectivity index is 3.44. The van der Waals surface area contributed by atoms with Crippen LogP contribution in [-0.2, 0) is 4.79 Å². The zero-order valence-electron chi connectivity index (χ0n) is 6.69. The summed E-state index contributed by atoms with van der Waals surface area (Å²) in [5.74, 6) is -1.25. The molecule has 0 aromatic heterocycles. The molecule has 0 amide bonds. The first kappa shape index (κ1) is 10.7. The van der Waals surface area contributed by atoms with Crippen LogP contribution in [0.25, 0.3) is 0 Å². The number of hydrogen-bond donors (Lipinski definition) is 3. The predicted octanol–water partition coefficient (Wildman–Crippen LogP) is -2.88. The maximum absolute atomic E-state index is 10.1. The summed E-state index contributed by atoms with van der Waals surface area (Å²) in [6, 6.07) is -0.931.